The standard InChI is InChI=1S/C10H9N5/c1-6-2-8-7(3-13-6)14-10(11)9-4-12-5-15(8)9/h2-5H,1H3,(H2,11,14). The molecule has 0 unspecified atom stereocenters. The third-order valence-corrected chi connectivity index (χ3v) is 2.40. The van der Waals surface area contributed by atoms with Crippen molar-refractivity contribution in [1.82, 2.24) is 19.4 Å². The summed E-state index contributed by atoms with van der Waals surface area (Å²) in [6, 6.07) is 1.97. The monoisotopic (exact) mass is 199 g/mol. The Hall–Kier alpha value is -2.17. The summed E-state index contributed by atoms with van der Waals surface area (Å²) in [5.74, 6) is 0.477. The van der Waals surface area contributed by atoms with Gasteiger partial charge >= 0.3 is 0 Å². The van der Waals surface area contributed by atoms with Crippen LogP contribution in [0.3, 0.4) is 0 Å². The minimum Gasteiger partial charge on any atom is -0.382 e. The first-order valence-corrected chi connectivity index (χ1v) is 4.59. The van der Waals surface area contributed by atoms with Crippen LogP contribution in [0, 0.1) is 6.92 Å². The molecule has 0 atom stereocenters. The van der Waals surface area contributed by atoms with Crippen LogP contribution in [0.2, 0.25) is 0 Å². The number of nitrogen functional groups attached to an aromatic ring is 1. The van der Waals surface area contributed by atoms with Crippen LogP contribution in [-0.4, -0.2) is 19.4 Å². The molecule has 0 aliphatic carbocycles. The number of nitrogens with two attached hydrogens (primary N) is 1. The lowest BCUT2D eigenvalue weighted by Crippen LogP contribution is -1.98. The van der Waals surface area contributed by atoms with Crippen LogP contribution < -0.4 is 5.73 Å². The van der Waals surface area contributed by atoms with E-state index in [0.717, 1.165) is 22.2 Å². The summed E-state index contributed by atoms with van der Waals surface area (Å²) in [7, 11) is 0. The summed E-state index contributed by atoms with van der Waals surface area (Å²) < 4.78 is 1.92. The number of pyridine rings is 1. The molecule has 0 radical (unpaired) electrons. The Morgan fingerprint density at radius 1 is 1.27 bits per heavy atom. The number of hydrogen-bond donors (Lipinski definition) is 1. The maximum absolute atomic E-state index is 5.81. The highest BCUT2D eigenvalue weighted by Gasteiger charge is 2.06. The Morgan fingerprint density at radius 2 is 2.13 bits per heavy atom. The van der Waals surface area contributed by atoms with Crippen LogP contribution in [0.4, 0.5) is 5.82 Å². The molecule has 0 saturated heterocycles. The number of nitrogens with zero attached hydrogens (tertiary/aromatic N) is 4. The van der Waals surface area contributed by atoms with Crippen molar-refractivity contribution >= 4 is 22.4 Å². The number of hydrogen-bond acceptors (Lipinski definition) is 4. The van der Waals surface area contributed by atoms with Gasteiger partial charge in [0.15, 0.2) is 0 Å². The van der Waals surface area contributed by atoms with E-state index < -0.39 is 0 Å². The average Bonchev–Trinajstić information content (AvgIpc) is 2.69. The van der Waals surface area contributed by atoms with Crippen LogP contribution in [0.1, 0.15) is 5.69 Å². The first kappa shape index (κ1) is 8.16. The molecule has 0 amide bonds. The summed E-state index contributed by atoms with van der Waals surface area (Å²) in [5, 5.41) is 0. The lowest BCUT2D eigenvalue weighted by Gasteiger charge is -2.04. The number of fused-ring (bicyclic) bond motifs is 3. The van der Waals surface area contributed by atoms with Gasteiger partial charge in [-0.15, -0.1) is 0 Å². The van der Waals surface area contributed by atoms with Crippen molar-refractivity contribution in [3.8, 4) is 0 Å². The van der Waals surface area contributed by atoms with E-state index in [1.54, 1.807) is 18.7 Å². The van der Waals surface area contributed by atoms with Crippen molar-refractivity contribution < 1.29 is 0 Å². The van der Waals surface area contributed by atoms with Gasteiger partial charge in [-0.1, -0.05) is 0 Å². The molecule has 0 aromatic carbocycles. The quantitative estimate of drug-likeness (QED) is 0.590. The largest absolute Gasteiger partial charge is 0.382 e. The molecule has 74 valence electrons. The van der Waals surface area contributed by atoms with Crippen molar-refractivity contribution in [3.05, 3.63) is 30.5 Å². The van der Waals surface area contributed by atoms with Gasteiger partial charge in [0.25, 0.3) is 0 Å². The first-order valence-electron chi connectivity index (χ1n) is 4.59. The number of aromatic nitrogens is 4. The summed E-state index contributed by atoms with van der Waals surface area (Å²) in [5.41, 5.74) is 9.34. The Labute approximate surface area is 85.6 Å². The van der Waals surface area contributed by atoms with Crippen molar-refractivity contribution in [1.29, 1.82) is 0 Å². The average molecular weight is 199 g/mol. The van der Waals surface area contributed by atoms with Gasteiger partial charge in [0, 0.05) is 5.69 Å². The van der Waals surface area contributed by atoms with Crippen molar-refractivity contribution in [2.75, 3.05) is 5.73 Å². The Bertz CT molecular complexity index is 655. The van der Waals surface area contributed by atoms with Crippen LogP contribution in [0.15, 0.2) is 24.8 Å². The maximum atomic E-state index is 5.81. The fourth-order valence-corrected chi connectivity index (χ4v) is 1.68. The Morgan fingerprint density at radius 3 is 3.00 bits per heavy atom. The van der Waals surface area contributed by atoms with Crippen LogP contribution >= 0.6 is 0 Å². The van der Waals surface area contributed by atoms with E-state index in [4.69, 9.17) is 5.73 Å². The molecule has 0 fully saturated rings. The molecule has 0 aliphatic rings. The molecule has 3 aromatic heterocycles. The second-order valence-corrected chi connectivity index (χ2v) is 3.46. The molecular weight excluding hydrogens is 190 g/mol. The summed E-state index contributed by atoms with van der Waals surface area (Å²) >= 11 is 0. The molecule has 0 spiro atoms. The van der Waals surface area contributed by atoms with Crippen molar-refractivity contribution in [3.63, 3.8) is 0 Å². The minimum absolute atomic E-state index is 0.477. The highest BCUT2D eigenvalue weighted by molar-refractivity contribution is 5.82. The molecule has 3 rings (SSSR count). The molecule has 15 heavy (non-hydrogen) atoms. The van der Waals surface area contributed by atoms with Gasteiger partial charge in [-0.05, 0) is 13.0 Å². The SMILES string of the molecule is Cc1cc2c(cn1)nc(N)c1cncn12. The van der Waals surface area contributed by atoms with E-state index in [9.17, 15) is 0 Å². The molecule has 0 bridgehead atoms. The maximum Gasteiger partial charge on any atom is 0.150 e. The molecule has 3 aromatic rings. The van der Waals surface area contributed by atoms with Crippen LogP contribution in [0.25, 0.3) is 16.6 Å². The van der Waals surface area contributed by atoms with E-state index in [1.807, 2.05) is 17.4 Å². The zero-order valence-corrected chi connectivity index (χ0v) is 8.18. The third-order valence-electron chi connectivity index (χ3n) is 2.40. The van der Waals surface area contributed by atoms with Gasteiger partial charge in [-0.25, -0.2) is 9.97 Å². The van der Waals surface area contributed by atoms with Gasteiger partial charge in [0.1, 0.15) is 16.9 Å². The topological polar surface area (TPSA) is 69.1 Å². The fourth-order valence-electron chi connectivity index (χ4n) is 1.68. The Balaban J connectivity index is 2.61. The van der Waals surface area contributed by atoms with E-state index in [2.05, 4.69) is 15.0 Å². The predicted molar refractivity (Wildman–Crippen MR) is 57.4 cm³/mol. The molecule has 3 heterocycles. The molecule has 0 aliphatic heterocycles. The number of anilines is 1. The Kier molecular flexibility index (Phi) is 1.45. The molecule has 5 nitrogen and oxygen atoms in total. The van der Waals surface area contributed by atoms with Crippen molar-refractivity contribution in [2.24, 2.45) is 0 Å². The van der Waals surface area contributed by atoms with Gasteiger partial charge in [0.05, 0.1) is 24.2 Å². The van der Waals surface area contributed by atoms with E-state index >= 15 is 0 Å². The molecular formula is C10H9N5. The first-order chi connectivity index (χ1) is 7.25. The summed E-state index contributed by atoms with van der Waals surface area (Å²) in [4.78, 5) is 12.5. The number of aryl methyl sites for hydroxylation is 1. The molecule has 2 N–H and O–H groups in total. The minimum atomic E-state index is 0.477. The third kappa shape index (κ3) is 1.06. The van der Waals surface area contributed by atoms with E-state index in [-0.39, 0.29) is 0 Å². The second kappa shape index (κ2) is 2.66. The lowest BCUT2D eigenvalue weighted by atomic mass is 10.3. The van der Waals surface area contributed by atoms with Gasteiger partial charge in [0.2, 0.25) is 0 Å². The highest BCUT2D eigenvalue weighted by Crippen LogP contribution is 2.18. The molecule has 5 heteroatoms. The highest BCUT2D eigenvalue weighted by atomic mass is 15.0. The van der Waals surface area contributed by atoms with Crippen LogP contribution in [0.5, 0.6) is 0 Å². The normalized spacial score (nSPS) is 11.3. The van der Waals surface area contributed by atoms with Gasteiger partial charge < -0.3 is 5.73 Å². The second-order valence-electron chi connectivity index (χ2n) is 3.46. The smallest absolute Gasteiger partial charge is 0.150 e. The zero-order valence-electron chi connectivity index (χ0n) is 8.18. The zero-order chi connectivity index (χ0) is 10.4. The van der Waals surface area contributed by atoms with Crippen LogP contribution in [-0.2, 0) is 0 Å². The van der Waals surface area contributed by atoms with E-state index in [1.165, 1.54) is 0 Å². The fraction of sp³-hybridized carbons (Fsp3) is 0.100. The van der Waals surface area contributed by atoms with Gasteiger partial charge in [-0.2, -0.15) is 0 Å². The van der Waals surface area contributed by atoms with Gasteiger partial charge in [-0.3, -0.25) is 9.38 Å². The number of rotatable bonds is 0. The van der Waals surface area contributed by atoms with E-state index in [0.29, 0.717) is 5.82 Å². The summed E-state index contributed by atoms with van der Waals surface area (Å²) in [6.45, 7) is 1.94. The lowest BCUT2D eigenvalue weighted by molar-refractivity contribution is 1.15. The van der Waals surface area contributed by atoms with Crippen molar-refractivity contribution in [2.45, 2.75) is 6.92 Å². The summed E-state index contributed by atoms with van der Waals surface area (Å²) in [6.07, 6.45) is 5.16. The number of imidazole rings is 1. The molecule has 0 saturated carbocycles. The predicted octanol–water partition coefficient (Wildman–Crippen LogP) is 1.17.